The van der Waals surface area contributed by atoms with E-state index in [4.69, 9.17) is 30.5 Å². The van der Waals surface area contributed by atoms with Crippen LogP contribution < -0.4 is 29.6 Å². The Morgan fingerprint density at radius 3 is 2.52 bits per heavy atom. The first-order chi connectivity index (χ1) is 19.4. The average Bonchev–Trinajstić information content (AvgIpc) is 3.44. The van der Waals surface area contributed by atoms with Gasteiger partial charge in [-0.2, -0.15) is 10.1 Å². The number of nitrogens with one attached hydrogen (secondary N) is 2. The summed E-state index contributed by atoms with van der Waals surface area (Å²) in [5.74, 6) is 2.27. The number of halogens is 1. The highest BCUT2D eigenvalue weighted by atomic mass is 35.5. The Kier molecular flexibility index (Phi) is 7.79. The number of carbonyl (C=O) groups is 1. The largest absolute Gasteiger partial charge is 0.497 e. The predicted molar refractivity (Wildman–Crippen MR) is 151 cm³/mol. The third-order valence-corrected chi connectivity index (χ3v) is 6.91. The van der Waals surface area contributed by atoms with Gasteiger partial charge in [0.1, 0.15) is 30.5 Å². The number of carbonyl (C=O) groups excluding carboxylic acids is 1. The zero-order chi connectivity index (χ0) is 28.2. The van der Waals surface area contributed by atoms with Crippen molar-refractivity contribution in [2.24, 2.45) is 0 Å². The number of aromatic nitrogens is 3. The number of methoxy groups -OCH3 is 3. The first-order valence-corrected chi connectivity index (χ1v) is 12.8. The molecule has 1 atom stereocenters. The normalized spacial score (nSPS) is 14.2. The van der Waals surface area contributed by atoms with Gasteiger partial charge in [-0.1, -0.05) is 35.9 Å². The number of fused-ring (bicyclic) bond motifs is 1. The Balaban J connectivity index is 1.49. The van der Waals surface area contributed by atoms with E-state index in [1.165, 1.54) is 13.4 Å². The molecule has 0 saturated heterocycles. The van der Waals surface area contributed by atoms with Gasteiger partial charge in [0.15, 0.2) is 11.5 Å². The lowest BCUT2D eigenvalue weighted by atomic mass is 9.94. The highest BCUT2D eigenvalue weighted by Crippen LogP contribution is 2.40. The molecule has 0 fully saturated rings. The third-order valence-electron chi connectivity index (χ3n) is 6.54. The summed E-state index contributed by atoms with van der Waals surface area (Å²) < 4.78 is 24.2. The van der Waals surface area contributed by atoms with Crippen LogP contribution in [0.15, 0.2) is 78.3 Å². The minimum absolute atomic E-state index is 0.269. The first kappa shape index (κ1) is 26.9. The molecule has 2 heterocycles. The molecule has 1 amide bonds. The number of hydrogen-bond acceptors (Lipinski definition) is 8. The maximum absolute atomic E-state index is 13.8. The lowest BCUT2D eigenvalue weighted by molar-refractivity contribution is -0.113. The molecule has 0 saturated carbocycles. The molecule has 3 aromatic carbocycles. The molecule has 11 heteroatoms. The molecule has 1 aromatic heterocycles. The van der Waals surface area contributed by atoms with Gasteiger partial charge in [0, 0.05) is 22.3 Å². The van der Waals surface area contributed by atoms with Crippen molar-refractivity contribution < 1.29 is 23.7 Å². The fourth-order valence-electron chi connectivity index (χ4n) is 4.54. The van der Waals surface area contributed by atoms with E-state index < -0.39 is 6.04 Å². The fourth-order valence-corrected chi connectivity index (χ4v) is 4.73. The second-order valence-electron chi connectivity index (χ2n) is 8.91. The molecule has 0 bridgehead atoms. The van der Waals surface area contributed by atoms with Crippen LogP contribution in [0.25, 0.3) is 0 Å². The maximum Gasteiger partial charge on any atom is 0.255 e. The summed E-state index contributed by atoms with van der Waals surface area (Å²) in [6, 6.07) is 17.6. The van der Waals surface area contributed by atoms with Crippen LogP contribution in [0, 0.1) is 0 Å². The highest BCUT2D eigenvalue weighted by molar-refractivity contribution is 6.31. The molecule has 10 nitrogen and oxygen atoms in total. The Morgan fingerprint density at radius 2 is 1.77 bits per heavy atom. The van der Waals surface area contributed by atoms with Gasteiger partial charge in [-0.15, -0.1) is 0 Å². The molecule has 4 aromatic rings. The van der Waals surface area contributed by atoms with Gasteiger partial charge in [0.2, 0.25) is 5.95 Å². The number of benzene rings is 3. The average molecular weight is 562 g/mol. The molecule has 5 rings (SSSR count). The number of anilines is 2. The van der Waals surface area contributed by atoms with Crippen molar-refractivity contribution in [1.29, 1.82) is 0 Å². The molecule has 0 radical (unpaired) electrons. The quantitative estimate of drug-likeness (QED) is 0.277. The maximum atomic E-state index is 13.8. The van der Waals surface area contributed by atoms with Crippen LogP contribution in [0.4, 0.5) is 11.6 Å². The van der Waals surface area contributed by atoms with E-state index >= 15 is 0 Å². The zero-order valence-corrected chi connectivity index (χ0v) is 23.2. The summed E-state index contributed by atoms with van der Waals surface area (Å²) in [6.07, 6.45) is 1.44. The van der Waals surface area contributed by atoms with Gasteiger partial charge < -0.3 is 29.6 Å². The Bertz CT molecular complexity index is 1580. The van der Waals surface area contributed by atoms with Crippen LogP contribution in [0.5, 0.6) is 23.0 Å². The van der Waals surface area contributed by atoms with Crippen LogP contribution in [0.1, 0.15) is 24.1 Å². The standard InChI is InChI=1S/C29H28ClN5O5/c1-17-26(28(36)34-22-14-20(37-2)10-12-23(22)38-3)27(35-29(33-17)31-16-32-35)18-9-11-24(25(13-18)39-4)40-15-19-7-5-6-8-21(19)30/h5-14,16,27H,15H2,1-4H3,(H,34,36)(H,31,32,33)/t27-/m0/s1. The van der Waals surface area contributed by atoms with E-state index in [1.54, 1.807) is 43.2 Å². The second kappa shape index (κ2) is 11.6. The summed E-state index contributed by atoms with van der Waals surface area (Å²) in [5.41, 5.74) is 3.14. The van der Waals surface area contributed by atoms with Crippen molar-refractivity contribution >= 4 is 29.1 Å². The number of allylic oxidation sites excluding steroid dienone is 1. The summed E-state index contributed by atoms with van der Waals surface area (Å²) in [6.45, 7) is 2.09. The molecule has 2 N–H and O–H groups in total. The van der Waals surface area contributed by atoms with E-state index in [0.29, 0.717) is 50.9 Å². The van der Waals surface area contributed by atoms with E-state index in [0.717, 1.165) is 11.1 Å². The molecule has 0 aliphatic carbocycles. The van der Waals surface area contributed by atoms with Crippen LogP contribution in [0.2, 0.25) is 5.02 Å². The Hall–Kier alpha value is -4.70. The molecule has 206 valence electrons. The van der Waals surface area contributed by atoms with Gasteiger partial charge in [-0.05, 0) is 42.8 Å². The summed E-state index contributed by atoms with van der Waals surface area (Å²) in [4.78, 5) is 18.2. The summed E-state index contributed by atoms with van der Waals surface area (Å²) >= 11 is 6.29. The van der Waals surface area contributed by atoms with Crippen molar-refractivity contribution in [2.75, 3.05) is 32.0 Å². The number of amides is 1. The van der Waals surface area contributed by atoms with E-state index in [1.807, 2.05) is 43.3 Å². The molecule has 1 aliphatic rings. The number of nitrogens with zero attached hydrogens (tertiary/aromatic N) is 3. The van der Waals surface area contributed by atoms with Crippen molar-refractivity contribution in [3.63, 3.8) is 0 Å². The van der Waals surface area contributed by atoms with Gasteiger partial charge >= 0.3 is 0 Å². The minimum atomic E-state index is -0.609. The van der Waals surface area contributed by atoms with Crippen LogP contribution >= 0.6 is 11.6 Å². The van der Waals surface area contributed by atoms with Crippen LogP contribution in [-0.4, -0.2) is 42.0 Å². The smallest absolute Gasteiger partial charge is 0.255 e. The summed E-state index contributed by atoms with van der Waals surface area (Å²) in [5, 5.41) is 11.2. The van der Waals surface area contributed by atoms with Gasteiger partial charge in [-0.3, -0.25) is 4.79 Å². The second-order valence-corrected chi connectivity index (χ2v) is 9.31. The molecule has 0 spiro atoms. The van der Waals surface area contributed by atoms with Crippen molar-refractivity contribution in [3.8, 4) is 23.0 Å². The minimum Gasteiger partial charge on any atom is -0.497 e. The van der Waals surface area contributed by atoms with Crippen molar-refractivity contribution in [3.05, 3.63) is 94.4 Å². The number of rotatable bonds is 9. The van der Waals surface area contributed by atoms with Crippen molar-refractivity contribution in [1.82, 2.24) is 14.8 Å². The topological polar surface area (TPSA) is 109 Å². The molecule has 0 unspecified atom stereocenters. The SMILES string of the molecule is COc1ccc(OC)c(NC(=O)C2=C(C)Nc3ncnn3[C@H]2c2ccc(OCc3ccccc3Cl)c(OC)c2)c1. The molecular formula is C29H28ClN5O5. The Labute approximate surface area is 236 Å². The lowest BCUT2D eigenvalue weighted by Crippen LogP contribution is -2.31. The van der Waals surface area contributed by atoms with Gasteiger partial charge in [0.25, 0.3) is 5.91 Å². The van der Waals surface area contributed by atoms with Crippen LogP contribution in [-0.2, 0) is 11.4 Å². The Morgan fingerprint density at radius 1 is 1.00 bits per heavy atom. The zero-order valence-electron chi connectivity index (χ0n) is 22.4. The van der Waals surface area contributed by atoms with Gasteiger partial charge in [-0.25, -0.2) is 4.68 Å². The lowest BCUT2D eigenvalue weighted by Gasteiger charge is -2.29. The highest BCUT2D eigenvalue weighted by Gasteiger charge is 2.34. The van der Waals surface area contributed by atoms with E-state index in [-0.39, 0.29) is 12.5 Å². The van der Waals surface area contributed by atoms with E-state index in [2.05, 4.69) is 20.7 Å². The first-order valence-electron chi connectivity index (χ1n) is 12.4. The van der Waals surface area contributed by atoms with E-state index in [9.17, 15) is 4.79 Å². The monoisotopic (exact) mass is 561 g/mol. The molecule has 1 aliphatic heterocycles. The fraction of sp³-hybridized carbons (Fsp3) is 0.207. The third kappa shape index (κ3) is 5.26. The number of ether oxygens (including phenoxy) is 4. The predicted octanol–water partition coefficient (Wildman–Crippen LogP) is 5.46. The molecule has 40 heavy (non-hydrogen) atoms. The van der Waals surface area contributed by atoms with Crippen molar-refractivity contribution in [2.45, 2.75) is 19.6 Å². The summed E-state index contributed by atoms with van der Waals surface area (Å²) in [7, 11) is 4.66. The molecular weight excluding hydrogens is 534 g/mol. The van der Waals surface area contributed by atoms with Gasteiger partial charge in [0.05, 0.1) is 32.6 Å². The van der Waals surface area contributed by atoms with Crippen LogP contribution in [0.3, 0.4) is 0 Å². The number of hydrogen-bond donors (Lipinski definition) is 2.